The van der Waals surface area contributed by atoms with Gasteiger partial charge in [0.15, 0.2) is 0 Å². The normalized spacial score (nSPS) is 12.7. The second-order valence-electron chi connectivity index (χ2n) is 3.72. The van der Waals surface area contributed by atoms with Crippen molar-refractivity contribution in [1.29, 1.82) is 5.26 Å². The van der Waals surface area contributed by atoms with Gasteiger partial charge in [-0.25, -0.2) is 0 Å². The Balaban J connectivity index is 3.25. The van der Waals surface area contributed by atoms with E-state index in [0.29, 0.717) is 12.2 Å². The Hall–Kier alpha value is -1.96. The Bertz CT molecular complexity index is 496. The van der Waals surface area contributed by atoms with Crippen molar-refractivity contribution in [2.75, 3.05) is 6.54 Å². The number of nitrogens with zero attached hydrogens (tertiary/aromatic N) is 1. The van der Waals surface area contributed by atoms with Crippen LogP contribution in [0.2, 0.25) is 0 Å². The molecule has 0 saturated heterocycles. The molecule has 0 amide bonds. The minimum Gasteiger partial charge on any atom is -0.388 e. The number of nitrogens with one attached hydrogen (secondary N) is 1. The number of nitriles is 1. The summed E-state index contributed by atoms with van der Waals surface area (Å²) in [5, 5.41) is 12.0. The smallest absolute Gasteiger partial charge is 0.388 e. The summed E-state index contributed by atoms with van der Waals surface area (Å²) in [7, 11) is 0. The lowest BCUT2D eigenvalue weighted by Gasteiger charge is -2.10. The summed E-state index contributed by atoms with van der Waals surface area (Å²) in [6, 6.07) is 6.70. The minimum atomic E-state index is -4.40. The van der Waals surface area contributed by atoms with E-state index in [2.05, 4.69) is 5.32 Å². The van der Waals surface area contributed by atoms with Gasteiger partial charge in [-0.1, -0.05) is 12.1 Å². The van der Waals surface area contributed by atoms with E-state index in [0.717, 1.165) is 12.1 Å². The molecule has 0 aliphatic heterocycles. The van der Waals surface area contributed by atoms with Gasteiger partial charge >= 0.3 is 6.18 Å². The second kappa shape index (κ2) is 5.58. The summed E-state index contributed by atoms with van der Waals surface area (Å²) in [6.07, 6.45) is -4.40. The summed E-state index contributed by atoms with van der Waals surface area (Å²) in [4.78, 5) is 0. The van der Waals surface area contributed by atoms with E-state index in [1.807, 2.05) is 13.0 Å². The van der Waals surface area contributed by atoms with Crippen LogP contribution in [0.25, 0.3) is 5.57 Å². The Morgan fingerprint density at radius 3 is 2.56 bits per heavy atom. The van der Waals surface area contributed by atoms with E-state index in [9.17, 15) is 13.2 Å². The van der Waals surface area contributed by atoms with Crippen LogP contribution in [-0.4, -0.2) is 6.54 Å². The Morgan fingerprint density at radius 2 is 2.06 bits per heavy atom. The number of allylic oxidation sites excluding steroid dienone is 2. The van der Waals surface area contributed by atoms with Crippen molar-refractivity contribution in [3.63, 3.8) is 0 Å². The average Bonchev–Trinajstić information content (AvgIpc) is 2.29. The van der Waals surface area contributed by atoms with Crippen LogP contribution in [0, 0.1) is 11.3 Å². The fourth-order valence-electron chi connectivity index (χ4n) is 1.57. The molecule has 0 spiro atoms. The van der Waals surface area contributed by atoms with E-state index in [1.165, 1.54) is 12.1 Å². The van der Waals surface area contributed by atoms with Crippen LogP contribution in [0.15, 0.2) is 30.0 Å². The van der Waals surface area contributed by atoms with Crippen molar-refractivity contribution in [1.82, 2.24) is 5.32 Å². The highest BCUT2D eigenvalue weighted by atomic mass is 19.4. The van der Waals surface area contributed by atoms with Crippen LogP contribution in [0.1, 0.15) is 25.0 Å². The molecule has 0 fully saturated rings. The number of alkyl halides is 3. The van der Waals surface area contributed by atoms with Gasteiger partial charge in [-0.15, -0.1) is 0 Å². The standard InChI is InChI=1S/C13H13F3N2/c1-3-18-9(2)12(8-17)10-5-4-6-11(7-10)13(14,15)16/h4-7,18H,3H2,1-2H3. The van der Waals surface area contributed by atoms with Crippen LogP contribution in [0.3, 0.4) is 0 Å². The maximum atomic E-state index is 12.6. The monoisotopic (exact) mass is 254 g/mol. The number of hydrogen-bond acceptors (Lipinski definition) is 2. The third-order valence-corrected chi connectivity index (χ3v) is 2.41. The summed E-state index contributed by atoms with van der Waals surface area (Å²) in [6.45, 7) is 4.13. The SMILES string of the molecule is CCNC(C)=C(C#N)c1cccc(C(F)(F)F)c1. The lowest BCUT2D eigenvalue weighted by Crippen LogP contribution is -2.11. The fraction of sp³-hybridized carbons (Fsp3) is 0.308. The highest BCUT2D eigenvalue weighted by Gasteiger charge is 2.30. The largest absolute Gasteiger partial charge is 0.416 e. The summed E-state index contributed by atoms with van der Waals surface area (Å²) >= 11 is 0. The van der Waals surface area contributed by atoms with E-state index in [4.69, 9.17) is 5.26 Å². The molecule has 1 N–H and O–H groups in total. The second-order valence-corrected chi connectivity index (χ2v) is 3.72. The molecule has 0 saturated carbocycles. The quantitative estimate of drug-likeness (QED) is 0.837. The van der Waals surface area contributed by atoms with Gasteiger partial charge in [0.05, 0.1) is 11.1 Å². The molecule has 1 aromatic rings. The van der Waals surface area contributed by atoms with Crippen molar-refractivity contribution in [3.8, 4) is 6.07 Å². The van der Waals surface area contributed by atoms with Gasteiger partial charge in [-0.05, 0) is 31.5 Å². The van der Waals surface area contributed by atoms with E-state index in [1.54, 1.807) is 6.92 Å². The first-order chi connectivity index (χ1) is 8.40. The molecule has 18 heavy (non-hydrogen) atoms. The molecule has 0 bridgehead atoms. The van der Waals surface area contributed by atoms with E-state index < -0.39 is 11.7 Å². The highest BCUT2D eigenvalue weighted by molar-refractivity contribution is 5.79. The summed E-state index contributed by atoms with van der Waals surface area (Å²) in [5.74, 6) is 0. The third kappa shape index (κ3) is 3.27. The molecule has 96 valence electrons. The van der Waals surface area contributed by atoms with Crippen LogP contribution in [0.4, 0.5) is 13.2 Å². The molecule has 2 nitrogen and oxygen atoms in total. The average molecular weight is 254 g/mol. The van der Waals surface area contributed by atoms with Gasteiger partial charge < -0.3 is 5.32 Å². The number of benzene rings is 1. The Morgan fingerprint density at radius 1 is 1.39 bits per heavy atom. The molecular weight excluding hydrogens is 241 g/mol. The molecule has 0 unspecified atom stereocenters. The highest BCUT2D eigenvalue weighted by Crippen LogP contribution is 2.31. The van der Waals surface area contributed by atoms with Gasteiger partial charge in [-0.3, -0.25) is 0 Å². The molecule has 1 rings (SSSR count). The number of halogens is 3. The van der Waals surface area contributed by atoms with Crippen LogP contribution in [0.5, 0.6) is 0 Å². The van der Waals surface area contributed by atoms with E-state index in [-0.39, 0.29) is 11.1 Å². The maximum absolute atomic E-state index is 12.6. The fourth-order valence-corrected chi connectivity index (χ4v) is 1.57. The summed E-state index contributed by atoms with van der Waals surface area (Å²) in [5.41, 5.74) is 0.310. The third-order valence-electron chi connectivity index (χ3n) is 2.41. The lowest BCUT2D eigenvalue weighted by atomic mass is 10.0. The zero-order valence-corrected chi connectivity index (χ0v) is 10.1. The number of hydrogen-bond donors (Lipinski definition) is 1. The molecule has 0 radical (unpaired) electrons. The van der Waals surface area contributed by atoms with Gasteiger partial charge in [0.25, 0.3) is 0 Å². The minimum absolute atomic E-state index is 0.225. The first kappa shape index (κ1) is 14.1. The first-order valence-corrected chi connectivity index (χ1v) is 5.42. The molecule has 0 atom stereocenters. The predicted octanol–water partition coefficient (Wildman–Crippen LogP) is 3.57. The van der Waals surface area contributed by atoms with Crippen LogP contribution >= 0.6 is 0 Å². The molecule has 5 heteroatoms. The predicted molar refractivity (Wildman–Crippen MR) is 63.3 cm³/mol. The van der Waals surface area contributed by atoms with Crippen molar-refractivity contribution in [2.45, 2.75) is 20.0 Å². The molecule has 0 aliphatic carbocycles. The van der Waals surface area contributed by atoms with Gasteiger partial charge in [-0.2, -0.15) is 18.4 Å². The molecule has 1 aromatic carbocycles. The van der Waals surface area contributed by atoms with Crippen LogP contribution in [-0.2, 0) is 6.18 Å². The molecular formula is C13H13F3N2. The van der Waals surface area contributed by atoms with E-state index >= 15 is 0 Å². The van der Waals surface area contributed by atoms with Crippen molar-refractivity contribution in [2.24, 2.45) is 0 Å². The molecule has 0 aliphatic rings. The zero-order chi connectivity index (χ0) is 13.8. The first-order valence-electron chi connectivity index (χ1n) is 5.42. The van der Waals surface area contributed by atoms with Gasteiger partial charge in [0, 0.05) is 12.2 Å². The van der Waals surface area contributed by atoms with Crippen molar-refractivity contribution < 1.29 is 13.2 Å². The van der Waals surface area contributed by atoms with Gasteiger partial charge in [0.2, 0.25) is 0 Å². The van der Waals surface area contributed by atoms with Crippen molar-refractivity contribution in [3.05, 3.63) is 41.1 Å². The Kier molecular flexibility index (Phi) is 4.38. The lowest BCUT2D eigenvalue weighted by molar-refractivity contribution is -0.137. The van der Waals surface area contributed by atoms with Crippen LogP contribution < -0.4 is 5.32 Å². The molecule has 0 heterocycles. The maximum Gasteiger partial charge on any atom is 0.416 e. The molecule has 0 aromatic heterocycles. The topological polar surface area (TPSA) is 35.8 Å². The van der Waals surface area contributed by atoms with Gasteiger partial charge in [0.1, 0.15) is 6.07 Å². The summed E-state index contributed by atoms with van der Waals surface area (Å²) < 4.78 is 37.7. The number of rotatable bonds is 3. The zero-order valence-electron chi connectivity index (χ0n) is 10.1. The Labute approximate surface area is 104 Å². The van der Waals surface area contributed by atoms with Crippen molar-refractivity contribution >= 4 is 5.57 Å².